The molecule has 3 nitrogen and oxygen atoms in total. The molecule has 0 aliphatic carbocycles. The molecule has 0 bridgehead atoms. The molecule has 0 saturated heterocycles. The normalized spacial score (nSPS) is 11.3. The predicted molar refractivity (Wildman–Crippen MR) is 59.4 cm³/mol. The summed E-state index contributed by atoms with van der Waals surface area (Å²) in [6.07, 6.45) is 0.0683. The molecule has 0 fully saturated rings. The molecule has 0 atom stereocenters. The molecule has 90 valence electrons. The van der Waals surface area contributed by atoms with Crippen molar-refractivity contribution in [3.05, 3.63) is 30.1 Å². The van der Waals surface area contributed by atoms with E-state index in [0.717, 1.165) is 5.69 Å². The highest BCUT2D eigenvalue weighted by atomic mass is 19.3. The van der Waals surface area contributed by atoms with E-state index < -0.39 is 6.43 Å². The number of rotatable bonds is 7. The fraction of sp³-hybridized carbons (Fsp3) is 0.545. The Kier molecular flexibility index (Phi) is 5.88. The zero-order valence-corrected chi connectivity index (χ0v) is 9.15. The van der Waals surface area contributed by atoms with Crippen molar-refractivity contribution in [1.29, 1.82) is 0 Å². The van der Waals surface area contributed by atoms with E-state index >= 15 is 0 Å². The summed E-state index contributed by atoms with van der Waals surface area (Å²) in [6.45, 7) is 1.24. The van der Waals surface area contributed by atoms with Crippen LogP contribution in [-0.4, -0.2) is 42.5 Å². The molecule has 0 radical (unpaired) electrons. The van der Waals surface area contributed by atoms with Crippen LogP contribution in [-0.2, 0) is 6.42 Å². The minimum Gasteiger partial charge on any atom is -0.329 e. The molecule has 5 heteroatoms. The fourth-order valence-electron chi connectivity index (χ4n) is 1.49. The second-order valence-electron chi connectivity index (χ2n) is 3.55. The van der Waals surface area contributed by atoms with E-state index in [9.17, 15) is 8.78 Å². The summed E-state index contributed by atoms with van der Waals surface area (Å²) < 4.78 is 24.5. The first-order chi connectivity index (χ1) is 7.72. The van der Waals surface area contributed by atoms with Crippen LogP contribution in [0, 0.1) is 0 Å². The molecule has 1 rings (SSSR count). The van der Waals surface area contributed by atoms with E-state index in [0.29, 0.717) is 26.1 Å². The van der Waals surface area contributed by atoms with E-state index in [-0.39, 0.29) is 6.54 Å². The zero-order valence-electron chi connectivity index (χ0n) is 9.15. The Labute approximate surface area is 94.3 Å². The monoisotopic (exact) mass is 229 g/mol. The summed E-state index contributed by atoms with van der Waals surface area (Å²) >= 11 is 0. The van der Waals surface area contributed by atoms with Gasteiger partial charge >= 0.3 is 0 Å². The van der Waals surface area contributed by atoms with Gasteiger partial charge in [0.2, 0.25) is 0 Å². The largest absolute Gasteiger partial charge is 0.329 e. The van der Waals surface area contributed by atoms with Gasteiger partial charge in [-0.15, -0.1) is 0 Å². The third-order valence-electron chi connectivity index (χ3n) is 2.25. The van der Waals surface area contributed by atoms with Crippen LogP contribution in [0.3, 0.4) is 0 Å². The van der Waals surface area contributed by atoms with Gasteiger partial charge < -0.3 is 5.73 Å². The van der Waals surface area contributed by atoms with Crippen molar-refractivity contribution in [3.8, 4) is 0 Å². The second-order valence-corrected chi connectivity index (χ2v) is 3.55. The van der Waals surface area contributed by atoms with Crippen LogP contribution in [0.5, 0.6) is 0 Å². The molecule has 1 aromatic rings. The summed E-state index contributed by atoms with van der Waals surface area (Å²) in [5, 5.41) is 0. The zero-order chi connectivity index (χ0) is 11.8. The topological polar surface area (TPSA) is 42.1 Å². The molecule has 1 heterocycles. The molecule has 0 spiro atoms. The number of halogens is 2. The van der Waals surface area contributed by atoms with Gasteiger partial charge in [-0.1, -0.05) is 6.07 Å². The molecule has 0 aliphatic rings. The van der Waals surface area contributed by atoms with Crippen LogP contribution in [0.4, 0.5) is 8.78 Å². The van der Waals surface area contributed by atoms with Crippen molar-refractivity contribution in [2.24, 2.45) is 5.73 Å². The summed E-state index contributed by atoms with van der Waals surface area (Å²) in [5.41, 5.74) is 6.29. The third-order valence-corrected chi connectivity index (χ3v) is 2.25. The molecular formula is C11H17F2N3. The van der Waals surface area contributed by atoms with Crippen molar-refractivity contribution in [3.63, 3.8) is 0 Å². The predicted octanol–water partition coefficient (Wildman–Crippen LogP) is 1.15. The average Bonchev–Trinajstić information content (AvgIpc) is 2.27. The van der Waals surface area contributed by atoms with Crippen LogP contribution in [0.25, 0.3) is 0 Å². The molecule has 1 aromatic heterocycles. The molecule has 2 N–H and O–H groups in total. The summed E-state index contributed by atoms with van der Waals surface area (Å²) in [5.74, 6) is 0. The molecular weight excluding hydrogens is 212 g/mol. The molecule has 16 heavy (non-hydrogen) atoms. The summed E-state index contributed by atoms with van der Waals surface area (Å²) in [4.78, 5) is 5.81. The highest BCUT2D eigenvalue weighted by molar-refractivity contribution is 5.03. The van der Waals surface area contributed by atoms with Crippen LogP contribution in [0.1, 0.15) is 5.69 Å². The Morgan fingerprint density at radius 1 is 1.31 bits per heavy atom. The lowest BCUT2D eigenvalue weighted by molar-refractivity contribution is 0.0900. The van der Waals surface area contributed by atoms with Crippen molar-refractivity contribution in [1.82, 2.24) is 9.88 Å². The van der Waals surface area contributed by atoms with Crippen molar-refractivity contribution >= 4 is 0 Å². The van der Waals surface area contributed by atoms with Gasteiger partial charge in [0.05, 0.1) is 6.54 Å². The van der Waals surface area contributed by atoms with Crippen molar-refractivity contribution in [2.75, 3.05) is 26.2 Å². The lowest BCUT2D eigenvalue weighted by Crippen LogP contribution is -2.35. The number of nitrogens with two attached hydrogens (primary N) is 1. The number of pyridine rings is 1. The minimum absolute atomic E-state index is 0.218. The quantitative estimate of drug-likeness (QED) is 0.762. The highest BCUT2D eigenvalue weighted by Gasteiger charge is 2.11. The van der Waals surface area contributed by atoms with Gasteiger partial charge in [-0.05, 0) is 12.1 Å². The molecule has 0 amide bonds. The van der Waals surface area contributed by atoms with Crippen LogP contribution >= 0.6 is 0 Å². The number of aromatic nitrogens is 1. The van der Waals surface area contributed by atoms with Crippen molar-refractivity contribution < 1.29 is 8.78 Å². The molecule has 0 aliphatic heterocycles. The number of nitrogens with zero attached hydrogens (tertiary/aromatic N) is 2. The first-order valence-electron chi connectivity index (χ1n) is 5.33. The SMILES string of the molecule is NCCN(CCc1ccccn1)CC(F)F. The number of alkyl halides is 2. The van der Waals surface area contributed by atoms with E-state index in [2.05, 4.69) is 4.98 Å². The Bertz CT molecular complexity index is 280. The van der Waals surface area contributed by atoms with Gasteiger partial charge in [-0.2, -0.15) is 0 Å². The summed E-state index contributed by atoms with van der Waals surface area (Å²) in [6, 6.07) is 5.62. The number of hydrogen-bond acceptors (Lipinski definition) is 3. The Morgan fingerprint density at radius 2 is 2.12 bits per heavy atom. The Hall–Kier alpha value is -1.07. The van der Waals surface area contributed by atoms with Gasteiger partial charge in [0.1, 0.15) is 0 Å². The van der Waals surface area contributed by atoms with E-state index in [1.165, 1.54) is 0 Å². The van der Waals surface area contributed by atoms with Crippen molar-refractivity contribution in [2.45, 2.75) is 12.8 Å². The van der Waals surface area contributed by atoms with E-state index in [4.69, 9.17) is 5.73 Å². The second kappa shape index (κ2) is 7.24. The first-order valence-corrected chi connectivity index (χ1v) is 5.33. The molecule has 0 unspecified atom stereocenters. The fourth-order valence-corrected chi connectivity index (χ4v) is 1.49. The van der Waals surface area contributed by atoms with E-state index in [1.807, 2.05) is 18.2 Å². The van der Waals surface area contributed by atoms with Gasteiger partial charge in [0, 0.05) is 37.9 Å². The minimum atomic E-state index is -2.31. The number of hydrogen-bond donors (Lipinski definition) is 1. The average molecular weight is 229 g/mol. The van der Waals surface area contributed by atoms with Crippen LogP contribution in [0.2, 0.25) is 0 Å². The Balaban J connectivity index is 2.37. The molecule has 0 saturated carbocycles. The van der Waals surface area contributed by atoms with Gasteiger partial charge in [0.15, 0.2) is 0 Å². The maximum absolute atomic E-state index is 12.2. The van der Waals surface area contributed by atoms with E-state index in [1.54, 1.807) is 11.1 Å². The van der Waals surface area contributed by atoms with Crippen LogP contribution in [0.15, 0.2) is 24.4 Å². The highest BCUT2D eigenvalue weighted by Crippen LogP contribution is 2.01. The lowest BCUT2D eigenvalue weighted by Gasteiger charge is -2.20. The maximum Gasteiger partial charge on any atom is 0.251 e. The maximum atomic E-state index is 12.2. The standard InChI is InChI=1S/C11H17F2N3/c12-11(13)9-16(8-5-14)7-4-10-3-1-2-6-15-10/h1-3,6,11H,4-5,7-9,14H2. The van der Waals surface area contributed by atoms with Gasteiger partial charge in [-0.3, -0.25) is 9.88 Å². The van der Waals surface area contributed by atoms with Crippen LogP contribution < -0.4 is 5.73 Å². The third kappa shape index (κ3) is 5.14. The van der Waals surface area contributed by atoms with Gasteiger partial charge in [-0.25, -0.2) is 8.78 Å². The Morgan fingerprint density at radius 3 is 2.69 bits per heavy atom. The smallest absolute Gasteiger partial charge is 0.251 e. The summed E-state index contributed by atoms with van der Waals surface area (Å²) in [7, 11) is 0. The van der Waals surface area contributed by atoms with Gasteiger partial charge in [0.25, 0.3) is 6.43 Å². The molecule has 0 aromatic carbocycles. The lowest BCUT2D eigenvalue weighted by atomic mass is 10.2. The first kappa shape index (κ1) is 13.0.